The fourth-order valence-electron chi connectivity index (χ4n) is 3.29. The van der Waals surface area contributed by atoms with Crippen molar-refractivity contribution in [1.29, 1.82) is 0 Å². The molecule has 0 N–H and O–H groups in total. The number of thiophene rings is 1. The van der Waals surface area contributed by atoms with Crippen molar-refractivity contribution in [1.82, 2.24) is 4.57 Å². The van der Waals surface area contributed by atoms with Crippen molar-refractivity contribution in [2.45, 2.75) is 32.9 Å². The van der Waals surface area contributed by atoms with Crippen LogP contribution in [-0.2, 0) is 9.53 Å². The van der Waals surface area contributed by atoms with Gasteiger partial charge in [-0.25, -0.2) is 14.2 Å². The Morgan fingerprint density at radius 1 is 1.27 bits per heavy atom. The molecule has 30 heavy (non-hydrogen) atoms. The molecule has 154 valence electrons. The van der Waals surface area contributed by atoms with Gasteiger partial charge >= 0.3 is 5.97 Å². The Morgan fingerprint density at radius 3 is 2.63 bits per heavy atom. The number of ether oxygens (including phenoxy) is 1. The van der Waals surface area contributed by atoms with Gasteiger partial charge in [-0.1, -0.05) is 29.5 Å². The quantitative estimate of drug-likeness (QED) is 0.582. The second kappa shape index (κ2) is 8.12. The molecule has 0 fully saturated rings. The van der Waals surface area contributed by atoms with Crippen molar-refractivity contribution >= 4 is 34.7 Å². The van der Waals surface area contributed by atoms with Crippen LogP contribution in [0.1, 0.15) is 37.3 Å². The van der Waals surface area contributed by atoms with E-state index in [4.69, 9.17) is 4.74 Å². The van der Waals surface area contributed by atoms with Crippen molar-refractivity contribution in [3.63, 3.8) is 0 Å². The Labute approximate surface area is 180 Å². The van der Waals surface area contributed by atoms with Crippen LogP contribution >= 0.6 is 22.7 Å². The topological polar surface area (TPSA) is 60.7 Å². The molecule has 1 atom stereocenters. The monoisotopic (exact) mass is 442 g/mol. The molecule has 3 aromatic rings. The summed E-state index contributed by atoms with van der Waals surface area (Å²) < 4.78 is 20.7. The van der Waals surface area contributed by atoms with E-state index >= 15 is 0 Å². The maximum absolute atomic E-state index is 13.3. The van der Waals surface area contributed by atoms with Gasteiger partial charge in [0.05, 0.1) is 21.9 Å². The van der Waals surface area contributed by atoms with E-state index in [9.17, 15) is 14.0 Å². The molecule has 0 bridgehead atoms. The van der Waals surface area contributed by atoms with E-state index < -0.39 is 12.0 Å². The van der Waals surface area contributed by atoms with Crippen LogP contribution in [-0.4, -0.2) is 16.6 Å². The van der Waals surface area contributed by atoms with Crippen LogP contribution in [0.2, 0.25) is 0 Å². The SMILES string of the molecule is CC1=C(C(=O)OC(C)C)[C@H](c2cccs2)n2c(s/c(=C\c3ccc(F)cc3)c2=O)=N1. The first kappa shape index (κ1) is 20.4. The average molecular weight is 443 g/mol. The summed E-state index contributed by atoms with van der Waals surface area (Å²) >= 11 is 2.71. The molecule has 0 saturated carbocycles. The summed E-state index contributed by atoms with van der Waals surface area (Å²) in [4.78, 5) is 32.1. The molecule has 0 radical (unpaired) electrons. The lowest BCUT2D eigenvalue weighted by molar-refractivity contribution is -0.143. The lowest BCUT2D eigenvalue weighted by atomic mass is 10.0. The standard InChI is InChI=1S/C22H19FN2O3S2/c1-12(2)28-21(27)18-13(3)24-22-25(19(18)16-5-4-10-29-16)20(26)17(30-22)11-14-6-8-15(23)9-7-14/h4-12,19H,1-3H3/b17-11-/t19-/m0/s1. The summed E-state index contributed by atoms with van der Waals surface area (Å²) in [6, 6.07) is 9.11. The predicted molar refractivity (Wildman–Crippen MR) is 116 cm³/mol. The molecule has 1 aromatic carbocycles. The highest BCUT2D eigenvalue weighted by molar-refractivity contribution is 7.10. The lowest BCUT2D eigenvalue weighted by Gasteiger charge is -2.24. The molecular weight excluding hydrogens is 423 g/mol. The van der Waals surface area contributed by atoms with Gasteiger partial charge in [-0.15, -0.1) is 11.3 Å². The highest BCUT2D eigenvalue weighted by Gasteiger charge is 2.34. The zero-order chi connectivity index (χ0) is 21.4. The van der Waals surface area contributed by atoms with E-state index in [1.807, 2.05) is 17.5 Å². The summed E-state index contributed by atoms with van der Waals surface area (Å²) in [5, 5.41) is 1.91. The van der Waals surface area contributed by atoms with Crippen molar-refractivity contribution in [3.05, 3.63) is 89.0 Å². The van der Waals surface area contributed by atoms with Gasteiger partial charge in [0, 0.05) is 4.88 Å². The minimum atomic E-state index is -0.595. The summed E-state index contributed by atoms with van der Waals surface area (Å²) in [5.74, 6) is -0.812. The summed E-state index contributed by atoms with van der Waals surface area (Å²) in [5.41, 5.74) is 1.37. The number of benzene rings is 1. The van der Waals surface area contributed by atoms with Crippen molar-refractivity contribution < 1.29 is 13.9 Å². The Balaban J connectivity index is 1.91. The van der Waals surface area contributed by atoms with Gasteiger partial charge in [0.2, 0.25) is 0 Å². The first-order valence-electron chi connectivity index (χ1n) is 9.37. The second-order valence-electron chi connectivity index (χ2n) is 7.10. The normalized spacial score (nSPS) is 16.6. The number of allylic oxidation sites excluding steroid dienone is 1. The van der Waals surface area contributed by atoms with Crippen LogP contribution in [0.5, 0.6) is 0 Å². The van der Waals surface area contributed by atoms with Gasteiger partial charge < -0.3 is 4.74 Å². The smallest absolute Gasteiger partial charge is 0.338 e. The van der Waals surface area contributed by atoms with Crippen molar-refractivity contribution in [3.8, 4) is 0 Å². The van der Waals surface area contributed by atoms with Gasteiger partial charge in [-0.05, 0) is 56.0 Å². The van der Waals surface area contributed by atoms with Crippen LogP contribution in [0.3, 0.4) is 0 Å². The van der Waals surface area contributed by atoms with E-state index in [-0.39, 0.29) is 17.5 Å². The van der Waals surface area contributed by atoms with Crippen LogP contribution in [0, 0.1) is 5.82 Å². The first-order valence-corrected chi connectivity index (χ1v) is 11.1. The first-order chi connectivity index (χ1) is 14.3. The number of carbonyl (C=O) groups is 1. The number of thiazole rings is 1. The van der Waals surface area contributed by atoms with Crippen molar-refractivity contribution in [2.75, 3.05) is 0 Å². The van der Waals surface area contributed by atoms with E-state index in [0.717, 1.165) is 4.88 Å². The summed E-state index contributed by atoms with van der Waals surface area (Å²) in [6.07, 6.45) is 1.42. The number of esters is 1. The Morgan fingerprint density at radius 2 is 2.00 bits per heavy atom. The molecule has 0 spiro atoms. The average Bonchev–Trinajstić information content (AvgIpc) is 3.31. The fourth-order valence-corrected chi connectivity index (χ4v) is 5.16. The molecule has 3 heterocycles. The number of nitrogens with zero attached hydrogens (tertiary/aromatic N) is 2. The number of hydrogen-bond acceptors (Lipinski definition) is 6. The van der Waals surface area contributed by atoms with Gasteiger partial charge in [0.1, 0.15) is 11.9 Å². The minimum absolute atomic E-state index is 0.246. The molecule has 8 heteroatoms. The number of aromatic nitrogens is 1. The predicted octanol–water partition coefficient (Wildman–Crippen LogP) is 3.39. The number of rotatable bonds is 4. The lowest BCUT2D eigenvalue weighted by Crippen LogP contribution is -2.39. The van der Waals surface area contributed by atoms with Gasteiger partial charge in [0.15, 0.2) is 4.80 Å². The number of fused-ring (bicyclic) bond motifs is 1. The fraction of sp³-hybridized carbons (Fsp3) is 0.227. The number of carbonyl (C=O) groups excluding carboxylic acids is 1. The largest absolute Gasteiger partial charge is 0.459 e. The zero-order valence-corrected chi connectivity index (χ0v) is 18.2. The van der Waals surface area contributed by atoms with Crippen LogP contribution in [0.15, 0.2) is 62.8 Å². The maximum Gasteiger partial charge on any atom is 0.338 e. The molecular formula is C22H19FN2O3S2. The highest BCUT2D eigenvalue weighted by Crippen LogP contribution is 2.33. The third kappa shape index (κ3) is 3.80. The van der Waals surface area contributed by atoms with E-state index in [2.05, 4.69) is 4.99 Å². The Hall–Kier alpha value is -2.84. The van der Waals surface area contributed by atoms with Gasteiger partial charge in [-0.3, -0.25) is 9.36 Å². The Bertz CT molecular complexity index is 1300. The van der Waals surface area contributed by atoms with Crippen LogP contribution in [0.4, 0.5) is 4.39 Å². The van der Waals surface area contributed by atoms with Crippen LogP contribution < -0.4 is 14.9 Å². The van der Waals surface area contributed by atoms with Crippen molar-refractivity contribution in [2.24, 2.45) is 4.99 Å². The minimum Gasteiger partial charge on any atom is -0.459 e. The molecule has 0 unspecified atom stereocenters. The summed E-state index contributed by atoms with van der Waals surface area (Å²) in [6.45, 7) is 5.33. The molecule has 1 aliphatic rings. The molecule has 0 aliphatic carbocycles. The molecule has 0 amide bonds. The van der Waals surface area contributed by atoms with E-state index in [0.29, 0.717) is 26.2 Å². The Kier molecular flexibility index (Phi) is 5.53. The molecule has 5 nitrogen and oxygen atoms in total. The third-order valence-corrected chi connectivity index (χ3v) is 6.47. The van der Waals surface area contributed by atoms with Gasteiger partial charge in [-0.2, -0.15) is 0 Å². The van der Waals surface area contributed by atoms with Crippen LogP contribution in [0.25, 0.3) is 6.08 Å². The zero-order valence-electron chi connectivity index (χ0n) is 16.6. The van der Waals surface area contributed by atoms with E-state index in [1.165, 1.54) is 34.8 Å². The highest BCUT2D eigenvalue weighted by atomic mass is 32.1. The van der Waals surface area contributed by atoms with Gasteiger partial charge in [0.25, 0.3) is 5.56 Å². The molecule has 1 aliphatic heterocycles. The van der Waals surface area contributed by atoms with E-state index in [1.54, 1.807) is 43.5 Å². The molecule has 2 aromatic heterocycles. The number of hydrogen-bond donors (Lipinski definition) is 0. The summed E-state index contributed by atoms with van der Waals surface area (Å²) in [7, 11) is 0. The maximum atomic E-state index is 13.3. The molecule has 0 saturated heterocycles. The molecule has 4 rings (SSSR count). The third-order valence-electron chi connectivity index (χ3n) is 4.56. The number of halogens is 1. The second-order valence-corrected chi connectivity index (χ2v) is 9.09.